The van der Waals surface area contributed by atoms with Crippen LogP contribution in [0.3, 0.4) is 0 Å². The second kappa shape index (κ2) is 8.92. The molecule has 0 radical (unpaired) electrons. The van der Waals surface area contributed by atoms with E-state index in [0.29, 0.717) is 5.75 Å². The lowest BCUT2D eigenvalue weighted by molar-refractivity contribution is -0.231. The van der Waals surface area contributed by atoms with Crippen LogP contribution in [0.25, 0.3) is 0 Å². The summed E-state index contributed by atoms with van der Waals surface area (Å²) in [7, 11) is 1.39. The van der Waals surface area contributed by atoms with E-state index in [-0.39, 0.29) is 11.4 Å². The van der Waals surface area contributed by atoms with E-state index in [9.17, 15) is 20.0 Å². The summed E-state index contributed by atoms with van der Waals surface area (Å²) in [5.41, 5.74) is -0.203. The number of ether oxygens (including phenoxy) is 6. The van der Waals surface area contributed by atoms with Crippen LogP contribution in [0.4, 0.5) is 11.4 Å². The SMILES string of the molecule is COc1ccc(NC(=O)CNC(=O)C2O[C@@H]3OC(C)(C)O[C@@H]3[C@H]3OC(C)(C)O[C@@H]23)c(N([O-])O)c1. The van der Waals surface area contributed by atoms with E-state index >= 15 is 0 Å². The average Bonchev–Trinajstić information content (AvgIpc) is 3.25. The van der Waals surface area contributed by atoms with E-state index in [1.54, 1.807) is 27.7 Å². The quantitative estimate of drug-likeness (QED) is 0.493. The number of benzene rings is 1. The van der Waals surface area contributed by atoms with Gasteiger partial charge in [0.25, 0.3) is 5.91 Å². The minimum atomic E-state index is -1.12. The number of hydrogen-bond acceptors (Lipinski definition) is 11. The van der Waals surface area contributed by atoms with Crippen LogP contribution in [0.5, 0.6) is 5.75 Å². The lowest BCUT2D eigenvalue weighted by atomic mass is 9.98. The third kappa shape index (κ3) is 4.95. The summed E-state index contributed by atoms with van der Waals surface area (Å²) >= 11 is 0. The molecule has 4 rings (SSSR count). The molecule has 188 valence electrons. The van der Waals surface area contributed by atoms with Crippen LogP contribution in [0, 0.1) is 5.21 Å². The summed E-state index contributed by atoms with van der Waals surface area (Å²) < 4.78 is 34.4. The van der Waals surface area contributed by atoms with Gasteiger partial charge in [-0.3, -0.25) is 14.8 Å². The Hall–Kier alpha value is -2.52. The number of methoxy groups -OCH3 is 1. The normalized spacial score (nSPS) is 30.7. The Labute approximate surface area is 195 Å². The predicted octanol–water partition coefficient (Wildman–Crippen LogP) is 0.840. The molecular weight excluding hydrogens is 454 g/mol. The fourth-order valence-electron chi connectivity index (χ4n) is 4.19. The molecule has 2 amide bonds. The van der Waals surface area contributed by atoms with Gasteiger partial charge in [0, 0.05) is 6.07 Å². The molecule has 3 aliphatic heterocycles. The molecule has 3 saturated heterocycles. The number of carbonyl (C=O) groups is 2. The van der Waals surface area contributed by atoms with E-state index < -0.39 is 65.9 Å². The van der Waals surface area contributed by atoms with E-state index in [0.717, 1.165) is 0 Å². The Kier molecular flexibility index (Phi) is 6.46. The standard InChI is InChI=1S/C21H28N3O10/c1-20(2)31-14-15(32-20)17-19(34-21(3,4)33-17)30-16(14)18(26)22-9-13(25)23-11-7-6-10(29-5)8-12(11)24(27)28/h6-8,14-17,19,27H,9H2,1-5H3,(H,22,26)(H,23,25)/q-1/t14-,15+,16?,17-,19-/m1/s1. The van der Waals surface area contributed by atoms with Crippen molar-refractivity contribution < 1.29 is 43.2 Å². The van der Waals surface area contributed by atoms with E-state index in [2.05, 4.69) is 10.6 Å². The summed E-state index contributed by atoms with van der Waals surface area (Å²) in [4.78, 5) is 25.4. The maximum atomic E-state index is 13.0. The van der Waals surface area contributed by atoms with Gasteiger partial charge in [0.05, 0.1) is 25.0 Å². The lowest BCUT2D eigenvalue weighted by Crippen LogP contribution is -2.59. The lowest BCUT2D eigenvalue weighted by Gasteiger charge is -2.36. The van der Waals surface area contributed by atoms with Crippen LogP contribution in [-0.2, 0) is 33.3 Å². The summed E-state index contributed by atoms with van der Waals surface area (Å²) in [5, 5.41) is 25.3. The minimum Gasteiger partial charge on any atom is -0.733 e. The predicted molar refractivity (Wildman–Crippen MR) is 115 cm³/mol. The van der Waals surface area contributed by atoms with Gasteiger partial charge in [0.2, 0.25) is 5.91 Å². The molecule has 3 fully saturated rings. The van der Waals surface area contributed by atoms with Crippen molar-refractivity contribution in [2.45, 2.75) is 70.0 Å². The van der Waals surface area contributed by atoms with Crippen LogP contribution in [-0.4, -0.2) is 73.0 Å². The Morgan fingerprint density at radius 3 is 2.41 bits per heavy atom. The zero-order chi connectivity index (χ0) is 24.8. The average molecular weight is 482 g/mol. The smallest absolute Gasteiger partial charge is 0.252 e. The van der Waals surface area contributed by atoms with Gasteiger partial charge in [0.1, 0.15) is 24.1 Å². The maximum absolute atomic E-state index is 13.0. The minimum absolute atomic E-state index is 0.0300. The van der Waals surface area contributed by atoms with Crippen LogP contribution in [0.1, 0.15) is 27.7 Å². The van der Waals surface area contributed by atoms with Gasteiger partial charge >= 0.3 is 0 Å². The molecule has 3 heterocycles. The van der Waals surface area contributed by atoms with Crippen molar-refractivity contribution in [1.29, 1.82) is 0 Å². The van der Waals surface area contributed by atoms with Crippen molar-refractivity contribution in [3.63, 3.8) is 0 Å². The van der Waals surface area contributed by atoms with Crippen LogP contribution >= 0.6 is 0 Å². The molecule has 1 aromatic rings. The van der Waals surface area contributed by atoms with Crippen LogP contribution in [0.2, 0.25) is 0 Å². The topological polar surface area (TPSA) is 160 Å². The van der Waals surface area contributed by atoms with Gasteiger partial charge in [-0.05, 0) is 39.8 Å². The first-order valence-corrected chi connectivity index (χ1v) is 10.7. The van der Waals surface area contributed by atoms with E-state index in [1.165, 1.54) is 25.3 Å². The van der Waals surface area contributed by atoms with Crippen molar-refractivity contribution in [2.24, 2.45) is 0 Å². The third-order valence-electron chi connectivity index (χ3n) is 5.52. The highest BCUT2D eigenvalue weighted by molar-refractivity contribution is 5.97. The van der Waals surface area contributed by atoms with Gasteiger partial charge in [-0.15, -0.1) is 0 Å². The monoisotopic (exact) mass is 482 g/mol. The molecule has 1 aromatic carbocycles. The Morgan fingerprint density at radius 2 is 1.74 bits per heavy atom. The number of hydrogen-bond donors (Lipinski definition) is 3. The molecule has 13 nitrogen and oxygen atoms in total. The highest BCUT2D eigenvalue weighted by Crippen LogP contribution is 2.44. The Morgan fingerprint density at radius 1 is 1.09 bits per heavy atom. The Bertz CT molecular complexity index is 953. The zero-order valence-corrected chi connectivity index (χ0v) is 19.4. The van der Waals surface area contributed by atoms with Gasteiger partial charge < -0.3 is 49.5 Å². The van der Waals surface area contributed by atoms with E-state index in [4.69, 9.17) is 28.4 Å². The highest BCUT2D eigenvalue weighted by Gasteiger charge is 2.62. The Balaban J connectivity index is 1.41. The second-order valence-corrected chi connectivity index (χ2v) is 9.01. The highest BCUT2D eigenvalue weighted by atomic mass is 16.9. The van der Waals surface area contributed by atoms with Gasteiger partial charge in [-0.2, -0.15) is 0 Å². The first-order valence-electron chi connectivity index (χ1n) is 10.7. The molecule has 0 saturated carbocycles. The molecule has 34 heavy (non-hydrogen) atoms. The van der Waals surface area contributed by atoms with Gasteiger partial charge in [-0.1, -0.05) is 0 Å². The van der Waals surface area contributed by atoms with Crippen molar-refractivity contribution >= 4 is 23.2 Å². The molecular formula is C21H28N3O10-. The number of fused-ring (bicyclic) bond motifs is 3. The fourth-order valence-corrected chi connectivity index (χ4v) is 4.19. The summed E-state index contributed by atoms with van der Waals surface area (Å²) in [6.45, 7) is 6.46. The zero-order valence-electron chi connectivity index (χ0n) is 19.4. The molecule has 5 atom stereocenters. The molecule has 0 aromatic heterocycles. The maximum Gasteiger partial charge on any atom is 0.252 e. The molecule has 13 heteroatoms. The van der Waals surface area contributed by atoms with Gasteiger partial charge in [0.15, 0.2) is 24.0 Å². The second-order valence-electron chi connectivity index (χ2n) is 9.01. The number of carbonyl (C=O) groups excluding carboxylic acids is 2. The summed E-state index contributed by atoms with van der Waals surface area (Å²) in [6, 6.07) is 4.13. The van der Waals surface area contributed by atoms with Crippen LogP contribution < -0.4 is 20.6 Å². The van der Waals surface area contributed by atoms with Crippen LogP contribution in [0.15, 0.2) is 18.2 Å². The van der Waals surface area contributed by atoms with E-state index in [1.807, 2.05) is 0 Å². The van der Waals surface area contributed by atoms with Crippen molar-refractivity contribution in [2.75, 3.05) is 24.2 Å². The molecule has 3 aliphatic rings. The van der Waals surface area contributed by atoms with Crippen molar-refractivity contribution in [1.82, 2.24) is 5.32 Å². The van der Waals surface area contributed by atoms with Crippen molar-refractivity contribution in [3.8, 4) is 5.75 Å². The third-order valence-corrected chi connectivity index (χ3v) is 5.52. The van der Waals surface area contributed by atoms with Gasteiger partial charge in [-0.25, -0.2) is 0 Å². The molecule has 3 N–H and O–H groups in total. The largest absolute Gasteiger partial charge is 0.733 e. The molecule has 1 unspecified atom stereocenters. The number of rotatable bonds is 6. The first-order chi connectivity index (χ1) is 15.9. The molecule has 0 spiro atoms. The number of nitrogens with one attached hydrogen (secondary N) is 2. The summed E-state index contributed by atoms with van der Waals surface area (Å²) in [6.07, 6.45) is -3.96. The summed E-state index contributed by atoms with van der Waals surface area (Å²) in [5.74, 6) is -2.85. The fraction of sp³-hybridized carbons (Fsp3) is 0.619. The number of nitrogens with zero attached hydrogens (tertiary/aromatic N) is 1. The molecule has 0 bridgehead atoms. The number of anilines is 2. The van der Waals surface area contributed by atoms with Crippen molar-refractivity contribution in [3.05, 3.63) is 23.4 Å². The molecule has 0 aliphatic carbocycles. The first kappa shape index (κ1) is 24.6. The number of amides is 2.